The van der Waals surface area contributed by atoms with Crippen LogP contribution in [0.5, 0.6) is 0 Å². The molecule has 24 heavy (non-hydrogen) atoms. The molecule has 0 fully saturated rings. The fourth-order valence-corrected chi connectivity index (χ4v) is 4.15. The zero-order valence-corrected chi connectivity index (χ0v) is 14.9. The minimum Gasteiger partial charge on any atom is -0.294 e. The van der Waals surface area contributed by atoms with Gasteiger partial charge in [0, 0.05) is 18.1 Å². The molecule has 122 valence electrons. The Balaban J connectivity index is 1.96. The Kier molecular flexibility index (Phi) is 3.49. The highest BCUT2D eigenvalue weighted by Crippen LogP contribution is 2.38. The molecule has 4 rings (SSSR count). The molecule has 0 saturated heterocycles. The average Bonchev–Trinajstić information content (AvgIpc) is 2.96. The molecule has 0 saturated carbocycles. The van der Waals surface area contributed by atoms with Gasteiger partial charge < -0.3 is 0 Å². The first kappa shape index (κ1) is 15.4. The first-order valence-electron chi connectivity index (χ1n) is 8.04. The maximum atomic E-state index is 12.7. The van der Waals surface area contributed by atoms with Gasteiger partial charge in [-0.05, 0) is 18.1 Å². The summed E-state index contributed by atoms with van der Waals surface area (Å²) in [6.07, 6.45) is 3.38. The van der Waals surface area contributed by atoms with Crippen molar-refractivity contribution in [2.24, 2.45) is 5.41 Å². The minimum absolute atomic E-state index is 0.0343. The molecule has 1 aliphatic rings. The van der Waals surface area contributed by atoms with Crippen LogP contribution in [-0.2, 0) is 6.42 Å². The molecule has 0 radical (unpaired) electrons. The van der Waals surface area contributed by atoms with E-state index in [1.54, 1.807) is 11.8 Å². The van der Waals surface area contributed by atoms with Gasteiger partial charge in [-0.1, -0.05) is 44.2 Å². The van der Waals surface area contributed by atoms with Crippen molar-refractivity contribution < 1.29 is 4.79 Å². The van der Waals surface area contributed by atoms with Crippen LogP contribution in [0.4, 0.5) is 0 Å². The van der Waals surface area contributed by atoms with E-state index in [9.17, 15) is 4.79 Å². The molecule has 0 unspecified atom stereocenters. The highest BCUT2D eigenvalue weighted by atomic mass is 32.2. The Bertz CT molecular complexity index is 944. The number of hydrogen-bond acceptors (Lipinski definition) is 4. The number of carbonyl (C=O) groups is 1. The number of carbonyl (C=O) groups excluding carboxylic acids is 1. The molecular weight excluding hydrogens is 318 g/mol. The van der Waals surface area contributed by atoms with Crippen LogP contribution in [0.2, 0.25) is 0 Å². The zero-order chi connectivity index (χ0) is 16.9. The summed E-state index contributed by atoms with van der Waals surface area (Å²) < 4.78 is 1.82. The fraction of sp³-hybridized carbons (Fsp3) is 0.316. The van der Waals surface area contributed by atoms with E-state index in [1.165, 1.54) is 0 Å². The summed E-state index contributed by atoms with van der Waals surface area (Å²) in [6, 6.07) is 12.1. The van der Waals surface area contributed by atoms with Crippen molar-refractivity contribution in [3.05, 3.63) is 47.7 Å². The van der Waals surface area contributed by atoms with Crippen molar-refractivity contribution in [3.63, 3.8) is 0 Å². The van der Waals surface area contributed by atoms with E-state index >= 15 is 0 Å². The standard InChI is InChI=1S/C19H19N3OS/c1-19(2)10-14-17(15(23)11-19)18(24-3)22-16(20-14)9-13(21-22)12-7-5-4-6-8-12/h4-9H,10-11H2,1-3H3. The lowest BCUT2D eigenvalue weighted by Gasteiger charge is -2.30. The Morgan fingerprint density at radius 1 is 1.17 bits per heavy atom. The molecule has 1 aromatic carbocycles. The van der Waals surface area contributed by atoms with Crippen molar-refractivity contribution in [1.82, 2.24) is 14.6 Å². The lowest BCUT2D eigenvalue weighted by atomic mass is 9.76. The summed E-state index contributed by atoms with van der Waals surface area (Å²) in [5.41, 5.74) is 4.38. The van der Waals surface area contributed by atoms with Gasteiger partial charge in [-0.25, -0.2) is 9.50 Å². The number of rotatable bonds is 2. The Morgan fingerprint density at radius 2 is 1.92 bits per heavy atom. The second-order valence-electron chi connectivity index (χ2n) is 7.05. The van der Waals surface area contributed by atoms with Gasteiger partial charge in [0.15, 0.2) is 11.4 Å². The average molecular weight is 337 g/mol. The third kappa shape index (κ3) is 2.44. The highest BCUT2D eigenvalue weighted by molar-refractivity contribution is 7.98. The number of fused-ring (bicyclic) bond motifs is 2. The number of aromatic nitrogens is 3. The SMILES string of the molecule is CSc1c2c(nc3cc(-c4ccccc4)nn13)CC(C)(C)CC2=O. The number of ketones is 1. The summed E-state index contributed by atoms with van der Waals surface area (Å²) in [7, 11) is 0. The maximum absolute atomic E-state index is 12.7. The number of benzene rings is 1. The molecule has 0 N–H and O–H groups in total. The molecule has 0 atom stereocenters. The van der Waals surface area contributed by atoms with E-state index in [0.29, 0.717) is 6.42 Å². The quantitative estimate of drug-likeness (QED) is 0.517. The van der Waals surface area contributed by atoms with Gasteiger partial charge in [0.25, 0.3) is 0 Å². The van der Waals surface area contributed by atoms with E-state index < -0.39 is 0 Å². The van der Waals surface area contributed by atoms with Crippen molar-refractivity contribution in [2.75, 3.05) is 6.26 Å². The van der Waals surface area contributed by atoms with Crippen LogP contribution >= 0.6 is 11.8 Å². The van der Waals surface area contributed by atoms with E-state index in [1.807, 2.05) is 47.2 Å². The summed E-state index contributed by atoms with van der Waals surface area (Å²) in [5, 5.41) is 5.61. The van der Waals surface area contributed by atoms with Crippen LogP contribution in [0.15, 0.2) is 41.4 Å². The smallest absolute Gasteiger partial charge is 0.167 e. The van der Waals surface area contributed by atoms with E-state index in [0.717, 1.165) is 39.6 Å². The largest absolute Gasteiger partial charge is 0.294 e. The summed E-state index contributed by atoms with van der Waals surface area (Å²) in [5.74, 6) is 0.178. The van der Waals surface area contributed by atoms with Crippen LogP contribution in [0.25, 0.3) is 16.9 Å². The predicted molar refractivity (Wildman–Crippen MR) is 96.6 cm³/mol. The Morgan fingerprint density at radius 3 is 2.62 bits per heavy atom. The summed E-state index contributed by atoms with van der Waals surface area (Å²) >= 11 is 1.56. The van der Waals surface area contributed by atoms with Gasteiger partial charge in [-0.3, -0.25) is 4.79 Å². The number of Topliss-reactive ketones (excluding diaryl/α,β-unsaturated/α-hetero) is 1. The third-order valence-corrected chi connectivity index (χ3v) is 5.23. The number of hydrogen-bond donors (Lipinski definition) is 0. The molecular formula is C19H19N3OS. The van der Waals surface area contributed by atoms with Gasteiger partial charge in [0.05, 0.1) is 17.0 Å². The van der Waals surface area contributed by atoms with Crippen molar-refractivity contribution in [1.29, 1.82) is 0 Å². The fourth-order valence-electron chi connectivity index (χ4n) is 3.41. The number of thioether (sulfide) groups is 1. The lowest BCUT2D eigenvalue weighted by Crippen LogP contribution is -2.29. The molecule has 0 aliphatic heterocycles. The van der Waals surface area contributed by atoms with Crippen molar-refractivity contribution in [2.45, 2.75) is 31.7 Å². The summed E-state index contributed by atoms with van der Waals surface area (Å²) in [4.78, 5) is 17.5. The monoisotopic (exact) mass is 337 g/mol. The van der Waals surface area contributed by atoms with Crippen LogP contribution < -0.4 is 0 Å². The van der Waals surface area contributed by atoms with Crippen LogP contribution in [0.1, 0.15) is 36.3 Å². The van der Waals surface area contributed by atoms with E-state index in [2.05, 4.69) is 13.8 Å². The molecule has 2 heterocycles. The van der Waals surface area contributed by atoms with Gasteiger partial charge >= 0.3 is 0 Å². The third-order valence-electron chi connectivity index (χ3n) is 4.46. The predicted octanol–water partition coefficient (Wildman–Crippen LogP) is 4.27. The zero-order valence-electron chi connectivity index (χ0n) is 14.0. The molecule has 5 heteroatoms. The van der Waals surface area contributed by atoms with Gasteiger partial charge in [-0.2, -0.15) is 5.10 Å². The second kappa shape index (κ2) is 5.45. The van der Waals surface area contributed by atoms with E-state index in [4.69, 9.17) is 10.1 Å². The van der Waals surface area contributed by atoms with Crippen LogP contribution in [-0.4, -0.2) is 26.6 Å². The molecule has 0 spiro atoms. The van der Waals surface area contributed by atoms with Crippen molar-refractivity contribution in [3.8, 4) is 11.3 Å². The molecule has 0 bridgehead atoms. The molecule has 0 amide bonds. The Labute approximate surface area is 145 Å². The summed E-state index contributed by atoms with van der Waals surface area (Å²) in [6.45, 7) is 4.26. The first-order chi connectivity index (χ1) is 11.5. The van der Waals surface area contributed by atoms with Crippen LogP contribution in [0.3, 0.4) is 0 Å². The van der Waals surface area contributed by atoms with Crippen molar-refractivity contribution >= 4 is 23.2 Å². The Hall–Kier alpha value is -2.14. The maximum Gasteiger partial charge on any atom is 0.167 e. The number of nitrogens with zero attached hydrogens (tertiary/aromatic N) is 3. The topological polar surface area (TPSA) is 47.3 Å². The van der Waals surface area contributed by atoms with Gasteiger partial charge in [-0.15, -0.1) is 11.8 Å². The molecule has 3 aromatic rings. The van der Waals surface area contributed by atoms with Gasteiger partial charge in [0.1, 0.15) is 5.03 Å². The molecule has 4 nitrogen and oxygen atoms in total. The normalized spacial score (nSPS) is 16.4. The lowest BCUT2D eigenvalue weighted by molar-refractivity contribution is 0.0905. The van der Waals surface area contributed by atoms with Crippen LogP contribution in [0, 0.1) is 5.41 Å². The second-order valence-corrected chi connectivity index (χ2v) is 7.84. The molecule has 2 aromatic heterocycles. The first-order valence-corrected chi connectivity index (χ1v) is 9.26. The van der Waals surface area contributed by atoms with Gasteiger partial charge in [0.2, 0.25) is 0 Å². The van der Waals surface area contributed by atoms with E-state index in [-0.39, 0.29) is 11.2 Å². The minimum atomic E-state index is -0.0343. The molecule has 1 aliphatic carbocycles. The highest BCUT2D eigenvalue weighted by Gasteiger charge is 2.35.